The van der Waals surface area contributed by atoms with Crippen molar-refractivity contribution in [3.05, 3.63) is 22.1 Å². The highest BCUT2D eigenvalue weighted by atomic mass is 16.6. The normalized spacial score (nSPS) is 15.2. The Morgan fingerprint density at radius 2 is 2.82 bits per heavy atom. The Balaban J connectivity index is 3.34. The summed E-state index contributed by atoms with van der Waals surface area (Å²) in [5.41, 5.74) is 0. The van der Waals surface area contributed by atoms with Crippen molar-refractivity contribution in [3.8, 4) is 0 Å². The molecule has 0 amide bonds. The molecule has 1 aromatic heterocycles. The second kappa shape index (κ2) is 2.67. The van der Waals surface area contributed by atoms with Crippen LogP contribution in [-0.4, -0.2) is 19.6 Å². The maximum atomic E-state index is 10.4. The maximum Gasteiger partial charge on any atom is 0.342 e. The van der Waals surface area contributed by atoms with Gasteiger partial charge >= 0.3 is 5.82 Å². The van der Waals surface area contributed by atoms with Gasteiger partial charge in [0.2, 0.25) is 5.82 Å². The molecule has 0 unspecified atom stereocenters. The quantitative estimate of drug-likeness (QED) is 0.480. The highest BCUT2D eigenvalue weighted by molar-refractivity contribution is 5.17. The van der Waals surface area contributed by atoms with E-state index < -0.39 is 24.3 Å². The largest absolute Gasteiger partial charge is 0.386 e. The first kappa shape index (κ1) is 4.45. The minimum absolute atomic E-state index is 0.253. The highest BCUT2D eigenvalue weighted by Crippen LogP contribution is 2.10. The van der Waals surface area contributed by atoms with Crippen LogP contribution in [-0.2, 0) is 13.6 Å². The third kappa shape index (κ3) is 1.20. The van der Waals surface area contributed by atoms with Gasteiger partial charge in [0.05, 0.1) is 11.1 Å². The summed E-state index contributed by atoms with van der Waals surface area (Å²) in [6.07, 6.45) is 0.803. The smallest absolute Gasteiger partial charge is 0.342 e. The molecule has 0 aromatic carbocycles. The fourth-order valence-corrected chi connectivity index (χ4v) is 0.620. The van der Waals surface area contributed by atoms with Crippen LogP contribution < -0.4 is 0 Å². The van der Waals surface area contributed by atoms with Crippen molar-refractivity contribution in [2.45, 2.75) is 6.61 Å². The lowest BCUT2D eigenvalue weighted by Gasteiger charge is -1.93. The Labute approximate surface area is 66.5 Å². The summed E-state index contributed by atoms with van der Waals surface area (Å²) in [6.45, 7) is -3.37. The monoisotopic (exact) mass is 160 g/mol. The van der Waals surface area contributed by atoms with Gasteiger partial charge in [-0.1, -0.05) is 0 Å². The van der Waals surface area contributed by atoms with Crippen molar-refractivity contribution in [3.63, 3.8) is 0 Å². The molecule has 1 N–H and O–H groups in total. The zero-order valence-corrected chi connectivity index (χ0v) is 5.39. The summed E-state index contributed by atoms with van der Waals surface area (Å²) in [4.78, 5) is 13.0. The van der Waals surface area contributed by atoms with E-state index in [1.807, 2.05) is 0 Å². The van der Waals surface area contributed by atoms with Crippen molar-refractivity contribution >= 4 is 5.82 Å². The minimum Gasteiger partial charge on any atom is -0.386 e. The van der Waals surface area contributed by atoms with Gasteiger partial charge in [0.1, 0.15) is 12.8 Å². The molecule has 6 heteroatoms. The molecule has 0 fully saturated rings. The third-order valence-electron chi connectivity index (χ3n) is 1.14. The predicted molar refractivity (Wildman–Crippen MR) is 35.8 cm³/mol. The van der Waals surface area contributed by atoms with Crippen LogP contribution in [0, 0.1) is 10.1 Å². The van der Waals surface area contributed by atoms with Crippen molar-refractivity contribution < 1.29 is 14.1 Å². The van der Waals surface area contributed by atoms with E-state index in [1.165, 1.54) is 0 Å². The molecule has 1 heterocycles. The van der Waals surface area contributed by atoms with Gasteiger partial charge in [0.15, 0.2) is 0 Å². The Morgan fingerprint density at radius 1 is 2.09 bits per heavy atom. The van der Waals surface area contributed by atoms with Crippen LogP contribution in [0.2, 0.25) is 0 Å². The average Bonchev–Trinajstić information content (AvgIpc) is 2.45. The number of imidazole rings is 1. The minimum atomic E-state index is -2.71. The van der Waals surface area contributed by atoms with Gasteiger partial charge in [0, 0.05) is 0 Å². The molecule has 0 aliphatic rings. The van der Waals surface area contributed by atoms with Crippen LogP contribution in [0.5, 0.6) is 0 Å². The third-order valence-corrected chi connectivity index (χ3v) is 1.14. The molecular formula is C5H7N3O3. The van der Waals surface area contributed by atoms with Gasteiger partial charge in [-0.25, -0.2) is 9.55 Å². The molecule has 0 aliphatic heterocycles. The van der Waals surface area contributed by atoms with E-state index >= 15 is 0 Å². The number of hydrogen-bond acceptors (Lipinski definition) is 4. The topological polar surface area (TPSA) is 81.2 Å². The maximum absolute atomic E-state index is 10.4. The number of nitrogens with zero attached hydrogens (tertiary/aromatic N) is 3. The lowest BCUT2D eigenvalue weighted by atomic mass is 10.6. The molecule has 1 aromatic rings. The van der Waals surface area contributed by atoms with Crippen LogP contribution in [0.3, 0.4) is 0 Å². The number of aliphatic hydroxyl groups is 1. The number of aromatic nitrogens is 2. The van der Waals surface area contributed by atoms with Gasteiger partial charge in [-0.3, -0.25) is 0 Å². The summed E-state index contributed by atoms with van der Waals surface area (Å²) >= 11 is 0. The lowest BCUT2D eigenvalue weighted by Crippen LogP contribution is -2.01. The Kier molecular flexibility index (Phi) is 1.08. The van der Waals surface area contributed by atoms with Crippen molar-refractivity contribution in [2.24, 2.45) is 6.98 Å². The molecule has 60 valence electrons. The summed E-state index contributed by atoms with van der Waals surface area (Å²) in [5, 5.41) is 19.1. The Hall–Kier alpha value is -1.43. The van der Waals surface area contributed by atoms with Crippen LogP contribution in [0.1, 0.15) is 9.94 Å². The summed E-state index contributed by atoms with van der Waals surface area (Å²) in [7, 11) is 0. The number of aliphatic hydroxyl groups excluding tert-OH is 1. The number of nitro groups is 1. The van der Waals surface area contributed by atoms with Crippen LogP contribution >= 0.6 is 0 Å². The van der Waals surface area contributed by atoms with E-state index in [-0.39, 0.29) is 5.82 Å². The summed E-state index contributed by atoms with van der Waals surface area (Å²) < 4.78 is 21.4. The number of hydrogen-bond donors (Lipinski definition) is 1. The standard InChI is InChI=1S/C5H7N3O3/c1-7-4(3-9)6-2-5(7)8(10)11/h2,9H,3H2,1H3/i1D3. The molecule has 0 bridgehead atoms. The predicted octanol–water partition coefficient (Wildman–Crippen LogP) is -0.179. The molecule has 0 saturated heterocycles. The molecule has 1 rings (SSSR count). The zero-order chi connectivity index (χ0) is 10.9. The summed E-state index contributed by atoms with van der Waals surface area (Å²) in [6, 6.07) is 0. The first-order valence-electron chi connectivity index (χ1n) is 4.20. The molecule has 0 spiro atoms. The van der Waals surface area contributed by atoms with Gasteiger partial charge in [0.25, 0.3) is 0 Å². The highest BCUT2D eigenvalue weighted by Gasteiger charge is 2.14. The molecule has 0 aliphatic carbocycles. The second-order valence-electron chi connectivity index (χ2n) is 1.78. The lowest BCUT2D eigenvalue weighted by molar-refractivity contribution is -0.391. The van der Waals surface area contributed by atoms with Gasteiger partial charge in [-0.05, 0) is 4.92 Å². The molecule has 6 nitrogen and oxygen atoms in total. The summed E-state index contributed by atoms with van der Waals surface area (Å²) in [5.74, 6) is -0.911. The molecule has 11 heavy (non-hydrogen) atoms. The zero-order valence-electron chi connectivity index (χ0n) is 8.39. The van der Waals surface area contributed by atoms with Crippen LogP contribution in [0.25, 0.3) is 0 Å². The van der Waals surface area contributed by atoms with E-state index in [9.17, 15) is 10.1 Å². The molecule has 0 atom stereocenters. The van der Waals surface area contributed by atoms with Crippen molar-refractivity contribution in [1.29, 1.82) is 0 Å². The van der Waals surface area contributed by atoms with Gasteiger partial charge in [-0.2, -0.15) is 0 Å². The first-order valence-corrected chi connectivity index (χ1v) is 2.70. The van der Waals surface area contributed by atoms with Gasteiger partial charge in [-0.15, -0.1) is 0 Å². The van der Waals surface area contributed by atoms with Crippen molar-refractivity contribution in [1.82, 2.24) is 9.55 Å². The van der Waals surface area contributed by atoms with Crippen LogP contribution in [0.4, 0.5) is 5.82 Å². The van der Waals surface area contributed by atoms with E-state index in [2.05, 4.69) is 4.98 Å². The van der Waals surface area contributed by atoms with E-state index in [1.54, 1.807) is 0 Å². The molecular weight excluding hydrogens is 150 g/mol. The van der Waals surface area contributed by atoms with E-state index in [0.717, 1.165) is 6.20 Å². The second-order valence-corrected chi connectivity index (χ2v) is 1.78. The Bertz CT molecular complexity index is 359. The fraction of sp³-hybridized carbons (Fsp3) is 0.400. The Morgan fingerprint density at radius 3 is 3.27 bits per heavy atom. The number of rotatable bonds is 2. The van der Waals surface area contributed by atoms with Crippen LogP contribution in [0.15, 0.2) is 6.20 Å². The average molecular weight is 160 g/mol. The van der Waals surface area contributed by atoms with Gasteiger partial charge < -0.3 is 15.2 Å². The SMILES string of the molecule is [2H]C([2H])([2H])n1c([N+](=O)[O-])cnc1CO. The molecule has 0 saturated carbocycles. The fourth-order valence-electron chi connectivity index (χ4n) is 0.620. The van der Waals surface area contributed by atoms with E-state index in [0.29, 0.717) is 4.57 Å². The molecule has 0 radical (unpaired) electrons. The van der Waals surface area contributed by atoms with E-state index in [4.69, 9.17) is 9.22 Å². The van der Waals surface area contributed by atoms with Crippen molar-refractivity contribution in [2.75, 3.05) is 0 Å². The first-order chi connectivity index (χ1) is 6.38.